The smallest absolute Gasteiger partial charge is 0.424 e. The minimum absolute atomic E-state index is 0.00656. The van der Waals surface area contributed by atoms with Crippen molar-refractivity contribution in [1.82, 2.24) is 9.97 Å². The number of rotatable bonds is 4. The van der Waals surface area contributed by atoms with Crippen LogP contribution in [0.25, 0.3) is 0 Å². The van der Waals surface area contributed by atoms with Gasteiger partial charge in [0.15, 0.2) is 0 Å². The van der Waals surface area contributed by atoms with Crippen molar-refractivity contribution < 1.29 is 36.6 Å². The van der Waals surface area contributed by atoms with Gasteiger partial charge in [-0.3, -0.25) is 10.3 Å². The van der Waals surface area contributed by atoms with Crippen LogP contribution in [0.15, 0.2) is 29.4 Å². The molecule has 3 N–H and O–H groups in total. The van der Waals surface area contributed by atoms with E-state index in [4.69, 9.17) is 19.9 Å². The lowest BCUT2D eigenvalue weighted by molar-refractivity contribution is -0.249. The van der Waals surface area contributed by atoms with Gasteiger partial charge in [0.1, 0.15) is 34.5 Å². The number of ether oxygens (including phenoxy) is 3. The number of aliphatic imine (C=N–C) groups is 1. The van der Waals surface area contributed by atoms with E-state index in [0.29, 0.717) is 11.3 Å². The van der Waals surface area contributed by atoms with Gasteiger partial charge in [-0.05, 0) is 39.0 Å². The lowest BCUT2D eigenvalue weighted by Crippen LogP contribution is -2.60. The second-order valence-electron chi connectivity index (χ2n) is 7.63. The van der Waals surface area contributed by atoms with Crippen molar-refractivity contribution in [2.75, 3.05) is 19.0 Å². The zero-order valence-electron chi connectivity index (χ0n) is 18.1. The van der Waals surface area contributed by atoms with Crippen molar-refractivity contribution in [3.63, 3.8) is 0 Å². The van der Waals surface area contributed by atoms with Gasteiger partial charge in [-0.25, -0.2) is 19.2 Å². The standard InChI is InChI=1S/C20H21F4N5O4/c1-10-7-11(31-4)8-26-15(10)33-17(30)28-13-6-5-12(21)14(27-13)18(2)9-32-19(3,16(25)29-18)20(22,23)24/h5-8H,9H2,1-4H3,(H2,25,29)(H,27,28,30)/t18-,19+/m0/s1. The highest BCUT2D eigenvalue weighted by Crippen LogP contribution is 2.41. The number of methoxy groups -OCH3 is 1. The van der Waals surface area contributed by atoms with E-state index < -0.39 is 41.7 Å². The SMILES string of the molecule is COc1cnc(OC(=O)Nc2ccc(F)c([C@]3(C)CO[C@@](C)(C(F)(F)F)C(N)=N3)n2)c(C)c1. The maximum atomic E-state index is 14.5. The van der Waals surface area contributed by atoms with E-state index in [9.17, 15) is 22.4 Å². The molecule has 0 aromatic carbocycles. The molecule has 0 aliphatic carbocycles. The Morgan fingerprint density at radius 3 is 2.58 bits per heavy atom. The Balaban J connectivity index is 1.83. The number of amidine groups is 1. The normalized spacial score (nSPS) is 23.0. The second-order valence-corrected chi connectivity index (χ2v) is 7.63. The van der Waals surface area contributed by atoms with Crippen molar-refractivity contribution >= 4 is 17.7 Å². The molecule has 3 heterocycles. The number of nitrogens with one attached hydrogen (secondary N) is 1. The number of amides is 1. The number of aryl methyl sites for hydroxylation is 1. The van der Waals surface area contributed by atoms with Crippen molar-refractivity contribution in [2.24, 2.45) is 10.7 Å². The lowest BCUT2D eigenvalue weighted by Gasteiger charge is -2.40. The number of hydrogen-bond acceptors (Lipinski definition) is 8. The summed E-state index contributed by atoms with van der Waals surface area (Å²) < 4.78 is 69.6. The maximum absolute atomic E-state index is 14.5. The number of hydrogen-bond donors (Lipinski definition) is 2. The molecule has 2 aromatic heterocycles. The molecule has 1 amide bonds. The van der Waals surface area contributed by atoms with E-state index in [1.165, 1.54) is 20.2 Å². The summed E-state index contributed by atoms with van der Waals surface area (Å²) in [6.07, 6.45) is -4.45. The predicted octanol–water partition coefficient (Wildman–Crippen LogP) is 3.47. The zero-order valence-corrected chi connectivity index (χ0v) is 18.1. The van der Waals surface area contributed by atoms with E-state index in [2.05, 4.69) is 20.3 Å². The van der Waals surface area contributed by atoms with Crippen LogP contribution in [0.4, 0.5) is 28.2 Å². The summed E-state index contributed by atoms with van der Waals surface area (Å²) >= 11 is 0. The number of pyridine rings is 2. The number of carbonyl (C=O) groups excluding carboxylic acids is 1. The molecule has 33 heavy (non-hydrogen) atoms. The Labute approximate surface area is 186 Å². The molecule has 0 spiro atoms. The quantitative estimate of drug-likeness (QED) is 0.655. The Hall–Kier alpha value is -3.48. The fraction of sp³-hybridized carbons (Fsp3) is 0.400. The third-order valence-corrected chi connectivity index (χ3v) is 5.06. The van der Waals surface area contributed by atoms with Crippen molar-refractivity contribution in [2.45, 2.75) is 38.1 Å². The van der Waals surface area contributed by atoms with Gasteiger partial charge in [0.25, 0.3) is 0 Å². The van der Waals surface area contributed by atoms with Gasteiger partial charge in [-0.1, -0.05) is 0 Å². The molecule has 0 unspecified atom stereocenters. The topological polar surface area (TPSA) is 121 Å². The van der Waals surface area contributed by atoms with Crippen LogP contribution >= 0.6 is 0 Å². The van der Waals surface area contributed by atoms with Crippen LogP contribution in [0.2, 0.25) is 0 Å². The van der Waals surface area contributed by atoms with Gasteiger partial charge in [0.05, 0.1) is 19.9 Å². The zero-order chi connectivity index (χ0) is 24.6. The average molecular weight is 471 g/mol. The molecule has 1 aliphatic heterocycles. The third kappa shape index (κ3) is 4.67. The number of nitrogens with two attached hydrogens (primary N) is 1. The third-order valence-electron chi connectivity index (χ3n) is 5.06. The number of halogens is 4. The highest BCUT2D eigenvalue weighted by atomic mass is 19.4. The molecule has 0 fully saturated rings. The molecular formula is C20H21F4N5O4. The van der Waals surface area contributed by atoms with E-state index >= 15 is 0 Å². The van der Waals surface area contributed by atoms with Crippen molar-refractivity contribution in [3.05, 3.63) is 41.5 Å². The summed E-state index contributed by atoms with van der Waals surface area (Å²) in [6, 6.07) is 3.72. The molecule has 13 heteroatoms. The van der Waals surface area contributed by atoms with Gasteiger partial charge >= 0.3 is 12.3 Å². The van der Waals surface area contributed by atoms with Gasteiger partial charge in [-0.15, -0.1) is 0 Å². The highest BCUT2D eigenvalue weighted by Gasteiger charge is 2.59. The summed E-state index contributed by atoms with van der Waals surface area (Å²) in [7, 11) is 1.46. The van der Waals surface area contributed by atoms with Crippen molar-refractivity contribution in [1.29, 1.82) is 0 Å². The molecule has 2 atom stereocenters. The first-order valence-electron chi connectivity index (χ1n) is 9.52. The Morgan fingerprint density at radius 1 is 1.30 bits per heavy atom. The number of alkyl halides is 3. The Bertz CT molecular complexity index is 1110. The van der Waals surface area contributed by atoms with Crippen LogP contribution in [0, 0.1) is 12.7 Å². The van der Waals surface area contributed by atoms with Crippen LogP contribution in [-0.4, -0.2) is 47.4 Å². The monoisotopic (exact) mass is 471 g/mol. The average Bonchev–Trinajstić information content (AvgIpc) is 2.73. The molecule has 0 saturated carbocycles. The first kappa shape index (κ1) is 24.2. The summed E-state index contributed by atoms with van der Waals surface area (Å²) in [5, 5.41) is 2.31. The van der Waals surface area contributed by atoms with Crippen LogP contribution in [-0.2, 0) is 10.3 Å². The molecule has 178 valence electrons. The fourth-order valence-electron chi connectivity index (χ4n) is 2.97. The summed E-state index contributed by atoms with van der Waals surface area (Å²) in [4.78, 5) is 24.1. The van der Waals surface area contributed by atoms with Crippen LogP contribution in [0.5, 0.6) is 11.6 Å². The fourth-order valence-corrected chi connectivity index (χ4v) is 2.97. The number of carbonyl (C=O) groups is 1. The van der Waals surface area contributed by atoms with Crippen LogP contribution < -0.4 is 20.5 Å². The van der Waals surface area contributed by atoms with Crippen LogP contribution in [0.1, 0.15) is 25.1 Å². The summed E-state index contributed by atoms with van der Waals surface area (Å²) in [5.41, 5.74) is 1.21. The van der Waals surface area contributed by atoms with Gasteiger partial charge < -0.3 is 19.9 Å². The predicted molar refractivity (Wildman–Crippen MR) is 109 cm³/mol. The molecule has 0 saturated heterocycles. The highest BCUT2D eigenvalue weighted by molar-refractivity contribution is 5.90. The lowest BCUT2D eigenvalue weighted by atomic mass is 9.93. The van der Waals surface area contributed by atoms with Crippen LogP contribution in [0.3, 0.4) is 0 Å². The van der Waals surface area contributed by atoms with Gasteiger partial charge in [-0.2, -0.15) is 13.2 Å². The minimum Gasteiger partial charge on any atom is -0.495 e. The van der Waals surface area contributed by atoms with Gasteiger partial charge in [0, 0.05) is 5.56 Å². The molecule has 0 bridgehead atoms. The molecule has 2 aromatic rings. The minimum atomic E-state index is -4.82. The van der Waals surface area contributed by atoms with E-state index in [0.717, 1.165) is 19.1 Å². The molecule has 1 aliphatic rings. The number of aromatic nitrogens is 2. The summed E-state index contributed by atoms with van der Waals surface area (Å²) in [6.45, 7) is 3.04. The summed E-state index contributed by atoms with van der Waals surface area (Å²) in [5.74, 6) is -1.41. The Morgan fingerprint density at radius 2 is 2.00 bits per heavy atom. The maximum Gasteiger partial charge on any atom is 0.424 e. The van der Waals surface area contributed by atoms with Crippen molar-refractivity contribution in [3.8, 4) is 11.6 Å². The number of nitrogens with zero attached hydrogens (tertiary/aromatic N) is 3. The Kier molecular flexibility index (Phi) is 6.20. The molecule has 9 nitrogen and oxygen atoms in total. The first-order chi connectivity index (χ1) is 15.3. The first-order valence-corrected chi connectivity index (χ1v) is 9.52. The van der Waals surface area contributed by atoms with E-state index in [-0.39, 0.29) is 17.4 Å². The van der Waals surface area contributed by atoms with E-state index in [1.54, 1.807) is 13.0 Å². The van der Waals surface area contributed by atoms with Gasteiger partial charge in [0.2, 0.25) is 11.5 Å². The largest absolute Gasteiger partial charge is 0.495 e. The second kappa shape index (κ2) is 8.46. The molecular weight excluding hydrogens is 450 g/mol. The molecule has 0 radical (unpaired) electrons. The molecule has 3 rings (SSSR count). The van der Waals surface area contributed by atoms with E-state index in [1.807, 2.05) is 0 Å². The number of anilines is 1.